The lowest BCUT2D eigenvalue weighted by molar-refractivity contribution is 0.0945. The summed E-state index contributed by atoms with van der Waals surface area (Å²) in [5, 5.41) is 2.57. The van der Waals surface area contributed by atoms with Crippen LogP contribution in [0.25, 0.3) is 0 Å². The van der Waals surface area contributed by atoms with Crippen LogP contribution in [0.1, 0.15) is 17.5 Å². The number of hydrogen-bond donors (Lipinski definition) is 1. The van der Waals surface area contributed by atoms with Crippen molar-refractivity contribution in [3.05, 3.63) is 18.5 Å². The Labute approximate surface area is 63.9 Å². The summed E-state index contributed by atoms with van der Waals surface area (Å²) >= 11 is 0. The van der Waals surface area contributed by atoms with Crippen LogP contribution in [0.5, 0.6) is 0 Å². The predicted molar refractivity (Wildman–Crippen MR) is 37.8 cm³/mol. The van der Waals surface area contributed by atoms with E-state index in [4.69, 9.17) is 0 Å². The number of aromatic nitrogens is 3. The molecule has 1 rings (SSSR count). The Bertz CT molecular complexity index is 236. The number of hydrogen-bond acceptors (Lipinski definition) is 4. The normalized spacial score (nSPS) is 9.18. The first-order valence-electron chi connectivity index (χ1n) is 3.24. The summed E-state index contributed by atoms with van der Waals surface area (Å²) in [6.07, 6.45) is 2.58. The summed E-state index contributed by atoms with van der Waals surface area (Å²) in [4.78, 5) is 21.9. The number of rotatable bonds is 2. The molecule has 11 heavy (non-hydrogen) atoms. The second kappa shape index (κ2) is 3.60. The molecule has 0 aliphatic rings. The second-order valence-electron chi connectivity index (χ2n) is 1.82. The van der Waals surface area contributed by atoms with Crippen LogP contribution >= 0.6 is 0 Å². The Balaban J connectivity index is 2.69. The third kappa shape index (κ3) is 1.96. The molecular formula is C6H8N4O. The van der Waals surface area contributed by atoms with Crippen molar-refractivity contribution in [2.75, 3.05) is 6.54 Å². The molecule has 0 aliphatic carbocycles. The number of carbonyl (C=O) groups excluding carboxylic acids is 1. The average molecular weight is 152 g/mol. The summed E-state index contributed by atoms with van der Waals surface area (Å²) in [5.74, 6) is -0.114. The highest BCUT2D eigenvalue weighted by Crippen LogP contribution is 1.83. The van der Waals surface area contributed by atoms with Crippen LogP contribution in [0, 0.1) is 0 Å². The van der Waals surface area contributed by atoms with E-state index in [0.29, 0.717) is 6.54 Å². The third-order valence-electron chi connectivity index (χ3n) is 1.03. The molecule has 0 saturated carbocycles. The Hall–Kier alpha value is -1.52. The van der Waals surface area contributed by atoms with Crippen LogP contribution in [0.3, 0.4) is 0 Å². The summed E-state index contributed by atoms with van der Waals surface area (Å²) in [6.45, 7) is 2.41. The van der Waals surface area contributed by atoms with Gasteiger partial charge in [0.2, 0.25) is 5.82 Å². The zero-order valence-corrected chi connectivity index (χ0v) is 6.11. The van der Waals surface area contributed by atoms with Gasteiger partial charge in [-0.15, -0.1) is 0 Å². The first-order valence-corrected chi connectivity index (χ1v) is 3.24. The molecule has 5 nitrogen and oxygen atoms in total. The molecule has 1 aromatic rings. The molecule has 1 heterocycles. The van der Waals surface area contributed by atoms with Crippen LogP contribution in [0.15, 0.2) is 12.7 Å². The molecule has 0 unspecified atom stereocenters. The van der Waals surface area contributed by atoms with Crippen molar-refractivity contribution in [1.82, 2.24) is 20.3 Å². The quantitative estimate of drug-likeness (QED) is 0.627. The number of nitrogens with one attached hydrogen (secondary N) is 1. The highest BCUT2D eigenvalue weighted by Gasteiger charge is 2.04. The van der Waals surface area contributed by atoms with E-state index in [1.807, 2.05) is 6.92 Å². The molecule has 0 saturated heterocycles. The van der Waals surface area contributed by atoms with E-state index in [0.717, 1.165) is 0 Å². The summed E-state index contributed by atoms with van der Waals surface area (Å²) in [6, 6.07) is 0. The summed E-state index contributed by atoms with van der Waals surface area (Å²) in [5.41, 5.74) is 0. The molecule has 0 radical (unpaired) electrons. The minimum atomic E-state index is -0.269. The fraction of sp³-hybridized carbons (Fsp3) is 0.333. The molecule has 0 bridgehead atoms. The maximum atomic E-state index is 11.0. The smallest absolute Gasteiger partial charge is 0.289 e. The van der Waals surface area contributed by atoms with Gasteiger partial charge in [-0.2, -0.15) is 0 Å². The van der Waals surface area contributed by atoms with Crippen LogP contribution in [0.4, 0.5) is 0 Å². The van der Waals surface area contributed by atoms with Gasteiger partial charge in [0.05, 0.1) is 0 Å². The Morgan fingerprint density at radius 2 is 2.18 bits per heavy atom. The first-order chi connectivity index (χ1) is 5.34. The first kappa shape index (κ1) is 7.59. The molecule has 0 spiro atoms. The van der Waals surface area contributed by atoms with Crippen LogP contribution in [-0.2, 0) is 0 Å². The van der Waals surface area contributed by atoms with Crippen molar-refractivity contribution in [2.24, 2.45) is 0 Å². The Morgan fingerprint density at radius 1 is 1.55 bits per heavy atom. The van der Waals surface area contributed by atoms with Crippen molar-refractivity contribution in [3.8, 4) is 0 Å². The van der Waals surface area contributed by atoms with Crippen molar-refractivity contribution in [1.29, 1.82) is 0 Å². The third-order valence-corrected chi connectivity index (χ3v) is 1.03. The Kier molecular flexibility index (Phi) is 2.48. The van der Waals surface area contributed by atoms with Crippen molar-refractivity contribution < 1.29 is 4.79 Å². The van der Waals surface area contributed by atoms with Crippen molar-refractivity contribution in [2.45, 2.75) is 6.92 Å². The van der Waals surface area contributed by atoms with Gasteiger partial charge in [-0.05, 0) is 6.92 Å². The maximum absolute atomic E-state index is 11.0. The van der Waals surface area contributed by atoms with Gasteiger partial charge in [-0.1, -0.05) is 0 Å². The van der Waals surface area contributed by atoms with Gasteiger partial charge in [0.15, 0.2) is 0 Å². The lowest BCUT2D eigenvalue weighted by atomic mass is 10.5. The number of carbonyl (C=O) groups is 1. The van der Waals surface area contributed by atoms with Gasteiger partial charge in [0, 0.05) is 6.54 Å². The fourth-order valence-corrected chi connectivity index (χ4v) is 0.596. The van der Waals surface area contributed by atoms with Crippen molar-refractivity contribution in [3.63, 3.8) is 0 Å². The van der Waals surface area contributed by atoms with E-state index in [1.54, 1.807) is 0 Å². The fourth-order valence-electron chi connectivity index (χ4n) is 0.596. The molecule has 0 atom stereocenters. The molecule has 58 valence electrons. The molecule has 5 heteroatoms. The zero-order valence-electron chi connectivity index (χ0n) is 6.11. The minimum Gasteiger partial charge on any atom is -0.350 e. The minimum absolute atomic E-state index is 0.154. The van der Waals surface area contributed by atoms with Gasteiger partial charge in [-0.25, -0.2) is 15.0 Å². The van der Waals surface area contributed by atoms with Gasteiger partial charge >= 0.3 is 0 Å². The largest absolute Gasteiger partial charge is 0.350 e. The van der Waals surface area contributed by atoms with Gasteiger partial charge in [0.1, 0.15) is 12.7 Å². The molecule has 1 aromatic heterocycles. The maximum Gasteiger partial charge on any atom is 0.289 e. The molecule has 1 amide bonds. The SMILES string of the molecule is CCNC(=O)c1ncncn1. The molecule has 0 fully saturated rings. The van der Waals surface area contributed by atoms with E-state index in [-0.39, 0.29) is 11.7 Å². The number of nitrogens with zero attached hydrogens (tertiary/aromatic N) is 3. The topological polar surface area (TPSA) is 67.8 Å². The van der Waals surface area contributed by atoms with E-state index >= 15 is 0 Å². The standard InChI is InChI=1S/C6H8N4O/c1-2-8-6(11)5-9-3-7-4-10-5/h3-4H,2H2,1H3,(H,8,11). The van der Waals surface area contributed by atoms with E-state index in [1.165, 1.54) is 12.7 Å². The van der Waals surface area contributed by atoms with Crippen molar-refractivity contribution >= 4 is 5.91 Å². The highest BCUT2D eigenvalue weighted by molar-refractivity contribution is 5.90. The van der Waals surface area contributed by atoms with E-state index < -0.39 is 0 Å². The number of amides is 1. The Morgan fingerprint density at radius 3 is 2.73 bits per heavy atom. The van der Waals surface area contributed by atoms with Crippen LogP contribution < -0.4 is 5.32 Å². The molecule has 0 aliphatic heterocycles. The van der Waals surface area contributed by atoms with Gasteiger partial charge in [-0.3, -0.25) is 4.79 Å². The molecule has 0 aromatic carbocycles. The van der Waals surface area contributed by atoms with Crippen LogP contribution in [-0.4, -0.2) is 27.4 Å². The lowest BCUT2D eigenvalue weighted by Crippen LogP contribution is -2.24. The monoisotopic (exact) mass is 152 g/mol. The van der Waals surface area contributed by atoms with Gasteiger partial charge in [0.25, 0.3) is 5.91 Å². The molecule has 1 N–H and O–H groups in total. The summed E-state index contributed by atoms with van der Waals surface area (Å²) in [7, 11) is 0. The second-order valence-corrected chi connectivity index (χ2v) is 1.82. The van der Waals surface area contributed by atoms with Crippen LogP contribution in [0.2, 0.25) is 0 Å². The van der Waals surface area contributed by atoms with Gasteiger partial charge < -0.3 is 5.32 Å². The zero-order chi connectivity index (χ0) is 8.10. The summed E-state index contributed by atoms with van der Waals surface area (Å²) < 4.78 is 0. The predicted octanol–water partition coefficient (Wildman–Crippen LogP) is -0.379. The average Bonchev–Trinajstić information content (AvgIpc) is 2.07. The molecular weight excluding hydrogens is 144 g/mol. The highest BCUT2D eigenvalue weighted by atomic mass is 16.2. The van der Waals surface area contributed by atoms with E-state index in [9.17, 15) is 4.79 Å². The lowest BCUT2D eigenvalue weighted by Gasteiger charge is -1.97. The van der Waals surface area contributed by atoms with E-state index in [2.05, 4.69) is 20.3 Å².